The molecule has 1 saturated heterocycles. The maximum absolute atomic E-state index is 7.91. The highest BCUT2D eigenvalue weighted by Crippen LogP contribution is 2.27. The Morgan fingerprint density at radius 2 is 2.00 bits per heavy atom. The van der Waals surface area contributed by atoms with Crippen LogP contribution < -0.4 is 10.1 Å². The number of anilines is 2. The highest BCUT2D eigenvalue weighted by atomic mass is 32.2. The zero-order valence-electron chi connectivity index (χ0n) is 18.9. The van der Waals surface area contributed by atoms with Gasteiger partial charge in [-0.15, -0.1) is 11.8 Å². The lowest BCUT2D eigenvalue weighted by Gasteiger charge is -2.32. The standard InChI is InChI=1S/C25H30N6OS/c1-33-22-8-6-20(7-9-22)30-24-23(16-26)25(29-18-28-24)32-21-10-14-31(15-11-21)13-3-5-19-4-2-12-27-17-19/h2,4,6-9,12,16-18,21,26H,3,5,10-11,13-15H2,1H3,(H,28,29,30). The van der Waals surface area contributed by atoms with Crippen LogP contribution in [0, 0.1) is 5.41 Å². The van der Waals surface area contributed by atoms with Crippen molar-refractivity contribution in [2.75, 3.05) is 31.2 Å². The number of nitrogens with one attached hydrogen (secondary N) is 2. The summed E-state index contributed by atoms with van der Waals surface area (Å²) in [4.78, 5) is 16.6. The number of pyridine rings is 1. The van der Waals surface area contributed by atoms with Crippen LogP contribution in [0.3, 0.4) is 0 Å². The fraction of sp³-hybridized carbons (Fsp3) is 0.360. The first-order chi connectivity index (χ1) is 16.2. The number of nitrogens with zero attached hydrogens (tertiary/aromatic N) is 4. The van der Waals surface area contributed by atoms with Crippen LogP contribution in [0.4, 0.5) is 11.5 Å². The molecule has 0 spiro atoms. The first kappa shape index (κ1) is 23.2. The second kappa shape index (κ2) is 11.8. The molecule has 0 unspecified atom stereocenters. The molecule has 1 aliphatic rings. The summed E-state index contributed by atoms with van der Waals surface area (Å²) in [5, 5.41) is 11.2. The van der Waals surface area contributed by atoms with Gasteiger partial charge in [-0.3, -0.25) is 4.98 Å². The number of aryl methyl sites for hydroxylation is 1. The molecular formula is C25H30N6OS. The maximum atomic E-state index is 7.91. The summed E-state index contributed by atoms with van der Waals surface area (Å²) in [7, 11) is 0. The van der Waals surface area contributed by atoms with E-state index in [2.05, 4.69) is 49.6 Å². The molecule has 33 heavy (non-hydrogen) atoms. The van der Waals surface area contributed by atoms with Crippen LogP contribution in [-0.4, -0.2) is 58.1 Å². The molecule has 0 aliphatic carbocycles. The number of rotatable bonds is 10. The van der Waals surface area contributed by atoms with E-state index in [4.69, 9.17) is 10.1 Å². The van der Waals surface area contributed by atoms with Crippen molar-refractivity contribution in [2.45, 2.75) is 36.7 Å². The van der Waals surface area contributed by atoms with Gasteiger partial charge in [0.15, 0.2) is 0 Å². The van der Waals surface area contributed by atoms with E-state index in [0.717, 1.165) is 51.0 Å². The van der Waals surface area contributed by atoms with Gasteiger partial charge in [0.25, 0.3) is 0 Å². The Kier molecular flexibility index (Phi) is 8.27. The van der Waals surface area contributed by atoms with Crippen LogP contribution in [0.15, 0.2) is 60.0 Å². The largest absolute Gasteiger partial charge is 0.474 e. The third-order valence-electron chi connectivity index (χ3n) is 5.82. The number of thioether (sulfide) groups is 1. The van der Waals surface area contributed by atoms with Crippen LogP contribution in [-0.2, 0) is 6.42 Å². The molecule has 8 heteroatoms. The molecule has 1 fully saturated rings. The van der Waals surface area contributed by atoms with Gasteiger partial charge in [-0.2, -0.15) is 0 Å². The van der Waals surface area contributed by atoms with E-state index < -0.39 is 0 Å². The lowest BCUT2D eigenvalue weighted by Crippen LogP contribution is -2.39. The maximum Gasteiger partial charge on any atom is 0.227 e. The molecule has 0 bridgehead atoms. The van der Waals surface area contributed by atoms with Gasteiger partial charge in [-0.25, -0.2) is 9.97 Å². The SMILES string of the molecule is CSc1ccc(Nc2ncnc(OC3CCN(CCCc4cccnc4)CC3)c2C=N)cc1. The van der Waals surface area contributed by atoms with Gasteiger partial charge in [0.1, 0.15) is 18.2 Å². The van der Waals surface area contributed by atoms with Gasteiger partial charge < -0.3 is 20.4 Å². The Labute approximate surface area is 199 Å². The molecule has 1 aromatic carbocycles. The second-order valence-electron chi connectivity index (χ2n) is 8.06. The number of piperidine rings is 1. The van der Waals surface area contributed by atoms with E-state index in [1.54, 1.807) is 11.8 Å². The molecule has 172 valence electrons. The van der Waals surface area contributed by atoms with Crippen molar-refractivity contribution in [1.82, 2.24) is 19.9 Å². The molecule has 4 rings (SSSR count). The molecule has 2 aromatic heterocycles. The predicted octanol–water partition coefficient (Wildman–Crippen LogP) is 4.81. The quantitative estimate of drug-likeness (QED) is 0.330. The Bertz CT molecular complexity index is 1020. The summed E-state index contributed by atoms with van der Waals surface area (Å²) in [6.07, 6.45) is 12.8. The predicted molar refractivity (Wildman–Crippen MR) is 134 cm³/mol. The number of hydrogen-bond donors (Lipinski definition) is 2. The van der Waals surface area contributed by atoms with Crippen molar-refractivity contribution in [3.8, 4) is 5.88 Å². The smallest absolute Gasteiger partial charge is 0.227 e. The topological polar surface area (TPSA) is 87.0 Å². The van der Waals surface area contributed by atoms with Crippen molar-refractivity contribution in [1.29, 1.82) is 5.41 Å². The summed E-state index contributed by atoms with van der Waals surface area (Å²) in [5.74, 6) is 1.05. The molecule has 7 nitrogen and oxygen atoms in total. The first-order valence-corrected chi connectivity index (χ1v) is 12.5. The zero-order valence-corrected chi connectivity index (χ0v) is 19.7. The molecule has 0 amide bonds. The number of ether oxygens (including phenoxy) is 1. The van der Waals surface area contributed by atoms with Gasteiger partial charge in [-0.05, 0) is 74.4 Å². The zero-order chi connectivity index (χ0) is 22.9. The normalized spacial score (nSPS) is 14.7. The van der Waals surface area contributed by atoms with Gasteiger partial charge in [-0.1, -0.05) is 6.07 Å². The van der Waals surface area contributed by atoms with Crippen LogP contribution >= 0.6 is 11.8 Å². The molecule has 0 saturated carbocycles. The van der Waals surface area contributed by atoms with Crippen LogP contribution in [0.5, 0.6) is 5.88 Å². The lowest BCUT2D eigenvalue weighted by atomic mass is 10.1. The van der Waals surface area contributed by atoms with Crippen LogP contribution in [0.1, 0.15) is 30.4 Å². The molecule has 2 N–H and O–H groups in total. The number of likely N-dealkylation sites (tertiary alicyclic amines) is 1. The van der Waals surface area contributed by atoms with Gasteiger partial charge in [0.05, 0.1) is 5.56 Å². The minimum absolute atomic E-state index is 0.0990. The highest BCUT2D eigenvalue weighted by Gasteiger charge is 2.22. The van der Waals surface area contributed by atoms with Crippen molar-refractivity contribution >= 4 is 29.5 Å². The van der Waals surface area contributed by atoms with Crippen LogP contribution in [0.2, 0.25) is 0 Å². The van der Waals surface area contributed by atoms with E-state index in [1.807, 2.05) is 30.6 Å². The average molecular weight is 463 g/mol. The van der Waals surface area contributed by atoms with Gasteiger partial charge in [0.2, 0.25) is 5.88 Å². The summed E-state index contributed by atoms with van der Waals surface area (Å²) in [5.41, 5.74) is 2.79. The number of aromatic nitrogens is 3. The van der Waals surface area contributed by atoms with Gasteiger partial charge in [0, 0.05) is 42.3 Å². The average Bonchev–Trinajstić information content (AvgIpc) is 2.86. The van der Waals surface area contributed by atoms with E-state index >= 15 is 0 Å². The number of benzene rings is 1. The van der Waals surface area contributed by atoms with Crippen LogP contribution in [0.25, 0.3) is 0 Å². The third kappa shape index (κ3) is 6.52. The van der Waals surface area contributed by atoms with E-state index in [1.165, 1.54) is 23.0 Å². The van der Waals surface area contributed by atoms with Gasteiger partial charge >= 0.3 is 0 Å². The van der Waals surface area contributed by atoms with E-state index in [0.29, 0.717) is 17.3 Å². The summed E-state index contributed by atoms with van der Waals surface area (Å²) < 4.78 is 6.23. The summed E-state index contributed by atoms with van der Waals surface area (Å²) >= 11 is 1.70. The first-order valence-electron chi connectivity index (χ1n) is 11.3. The monoisotopic (exact) mass is 462 g/mol. The Hall–Kier alpha value is -2.97. The van der Waals surface area contributed by atoms with E-state index in [-0.39, 0.29) is 6.10 Å². The second-order valence-corrected chi connectivity index (χ2v) is 8.94. The fourth-order valence-corrected chi connectivity index (χ4v) is 4.38. The van der Waals surface area contributed by atoms with Crippen molar-refractivity contribution in [3.05, 3.63) is 66.2 Å². The van der Waals surface area contributed by atoms with E-state index in [9.17, 15) is 0 Å². The minimum Gasteiger partial charge on any atom is -0.474 e. The molecule has 3 aromatic rings. The van der Waals surface area contributed by atoms with Crippen molar-refractivity contribution < 1.29 is 4.74 Å². The molecule has 3 heterocycles. The van der Waals surface area contributed by atoms with Crippen molar-refractivity contribution in [2.24, 2.45) is 0 Å². The Morgan fingerprint density at radius 3 is 2.70 bits per heavy atom. The third-order valence-corrected chi connectivity index (χ3v) is 6.56. The molecule has 1 aliphatic heterocycles. The Morgan fingerprint density at radius 1 is 1.18 bits per heavy atom. The fourth-order valence-electron chi connectivity index (χ4n) is 3.98. The Balaban J connectivity index is 1.30. The lowest BCUT2D eigenvalue weighted by molar-refractivity contribution is 0.0961. The summed E-state index contributed by atoms with van der Waals surface area (Å²) in [6.45, 7) is 3.11. The molecule has 0 radical (unpaired) electrons. The number of hydrogen-bond acceptors (Lipinski definition) is 8. The summed E-state index contributed by atoms with van der Waals surface area (Å²) in [6, 6.07) is 12.3. The highest BCUT2D eigenvalue weighted by molar-refractivity contribution is 7.98. The van der Waals surface area contributed by atoms with Crippen molar-refractivity contribution in [3.63, 3.8) is 0 Å². The molecular weight excluding hydrogens is 432 g/mol. The molecule has 0 atom stereocenters. The minimum atomic E-state index is 0.0990.